The number of halogens is 1. The van der Waals surface area contributed by atoms with E-state index in [-0.39, 0.29) is 24.7 Å². The van der Waals surface area contributed by atoms with Crippen LogP contribution in [0.1, 0.15) is 30.0 Å². The normalized spacial score (nSPS) is 11.1. The van der Waals surface area contributed by atoms with E-state index in [9.17, 15) is 9.59 Å². The van der Waals surface area contributed by atoms with Gasteiger partial charge in [0.15, 0.2) is 0 Å². The van der Waals surface area contributed by atoms with Gasteiger partial charge in [0, 0.05) is 6.54 Å². The predicted octanol–water partition coefficient (Wildman–Crippen LogP) is 0.981. The highest BCUT2D eigenvalue weighted by atomic mass is 35.5. The Morgan fingerprint density at radius 3 is 2.52 bits per heavy atom. The topological polar surface area (TPSA) is 110 Å². The Bertz CT molecular complexity index is 468. The zero-order valence-electron chi connectivity index (χ0n) is 12.1. The fourth-order valence-corrected chi connectivity index (χ4v) is 1.98. The molecule has 0 bridgehead atoms. The van der Waals surface area contributed by atoms with E-state index in [1.807, 2.05) is 31.2 Å². The number of nitrogens with two attached hydrogens (primary N) is 2. The van der Waals surface area contributed by atoms with Crippen LogP contribution < -0.4 is 22.1 Å². The summed E-state index contributed by atoms with van der Waals surface area (Å²) in [6.45, 7) is 2.99. The number of aryl methyl sites for hydroxylation is 1. The van der Waals surface area contributed by atoms with E-state index in [1.54, 1.807) is 0 Å². The lowest BCUT2D eigenvalue weighted by Crippen LogP contribution is -2.37. The summed E-state index contributed by atoms with van der Waals surface area (Å²) in [5.41, 5.74) is 12.4. The molecule has 118 valence electrons. The van der Waals surface area contributed by atoms with Gasteiger partial charge in [0.1, 0.15) is 0 Å². The molecule has 21 heavy (non-hydrogen) atoms. The highest BCUT2D eigenvalue weighted by molar-refractivity contribution is 5.85. The quantitative estimate of drug-likeness (QED) is 0.563. The molecule has 1 unspecified atom stereocenters. The lowest BCUT2D eigenvalue weighted by molar-refractivity contribution is -0.121. The van der Waals surface area contributed by atoms with Crippen molar-refractivity contribution in [3.63, 3.8) is 0 Å². The second-order valence-corrected chi connectivity index (χ2v) is 4.61. The van der Waals surface area contributed by atoms with Crippen molar-refractivity contribution in [3.05, 3.63) is 35.4 Å². The molecule has 0 saturated heterocycles. The molecule has 6 N–H and O–H groups in total. The highest BCUT2D eigenvalue weighted by Crippen LogP contribution is 2.20. The Kier molecular flexibility index (Phi) is 9.16. The Hall–Kier alpha value is -1.79. The number of primary amides is 1. The number of hydrogen-bond acceptors (Lipinski definition) is 3. The molecule has 3 amide bonds. The largest absolute Gasteiger partial charge is 0.356 e. The molecule has 0 spiro atoms. The molecule has 1 aromatic rings. The standard InChI is InChI=1S/C14H22N4O2.ClH/c1-10-5-2-3-6-11(10)12(18-14(16)20)9-13(19)17-8-4-7-15;/h2-3,5-6,12H,4,7-9,15H2,1H3,(H,17,19)(H3,16,18,20);1H. The monoisotopic (exact) mass is 314 g/mol. The zero-order valence-corrected chi connectivity index (χ0v) is 12.9. The van der Waals surface area contributed by atoms with E-state index in [0.29, 0.717) is 13.1 Å². The van der Waals surface area contributed by atoms with Crippen molar-refractivity contribution in [2.75, 3.05) is 13.1 Å². The number of hydrogen-bond donors (Lipinski definition) is 4. The van der Waals surface area contributed by atoms with Crippen LogP contribution in [0.25, 0.3) is 0 Å². The number of carbonyl (C=O) groups excluding carboxylic acids is 2. The maximum absolute atomic E-state index is 11.9. The van der Waals surface area contributed by atoms with Crippen molar-refractivity contribution < 1.29 is 9.59 Å². The van der Waals surface area contributed by atoms with Crippen molar-refractivity contribution >= 4 is 24.3 Å². The molecule has 0 aromatic heterocycles. The summed E-state index contributed by atoms with van der Waals surface area (Å²) >= 11 is 0. The summed E-state index contributed by atoms with van der Waals surface area (Å²) in [5, 5.41) is 5.38. The second kappa shape index (κ2) is 10.0. The van der Waals surface area contributed by atoms with Crippen molar-refractivity contribution in [1.29, 1.82) is 0 Å². The number of amides is 3. The van der Waals surface area contributed by atoms with Crippen LogP contribution in [-0.2, 0) is 4.79 Å². The molecule has 0 heterocycles. The summed E-state index contributed by atoms with van der Waals surface area (Å²) < 4.78 is 0. The minimum Gasteiger partial charge on any atom is -0.356 e. The molecular formula is C14H23ClN4O2. The first-order chi connectivity index (χ1) is 9.54. The molecule has 1 atom stereocenters. The van der Waals surface area contributed by atoms with Gasteiger partial charge in [0.25, 0.3) is 0 Å². The molecule has 1 rings (SSSR count). The number of nitrogens with one attached hydrogen (secondary N) is 2. The molecule has 0 aliphatic carbocycles. The third-order valence-electron chi connectivity index (χ3n) is 2.97. The molecule has 7 heteroatoms. The maximum Gasteiger partial charge on any atom is 0.312 e. The molecule has 0 aliphatic heterocycles. The predicted molar refractivity (Wildman–Crippen MR) is 85.2 cm³/mol. The average Bonchev–Trinajstić information content (AvgIpc) is 2.38. The Morgan fingerprint density at radius 1 is 1.29 bits per heavy atom. The summed E-state index contributed by atoms with van der Waals surface area (Å²) in [5.74, 6) is -0.138. The minimum atomic E-state index is -0.645. The third-order valence-corrected chi connectivity index (χ3v) is 2.97. The summed E-state index contributed by atoms with van der Waals surface area (Å²) in [6, 6.07) is 6.51. The molecular weight excluding hydrogens is 292 g/mol. The highest BCUT2D eigenvalue weighted by Gasteiger charge is 2.18. The Labute approximate surface area is 131 Å². The van der Waals surface area contributed by atoms with Crippen LogP contribution in [0.2, 0.25) is 0 Å². The summed E-state index contributed by atoms with van der Waals surface area (Å²) in [6.07, 6.45) is 0.877. The number of carbonyl (C=O) groups is 2. The van der Waals surface area contributed by atoms with Crippen LogP contribution >= 0.6 is 12.4 Å². The molecule has 0 radical (unpaired) electrons. The third kappa shape index (κ3) is 6.97. The first-order valence-corrected chi connectivity index (χ1v) is 6.63. The minimum absolute atomic E-state index is 0. The number of rotatable bonds is 7. The van der Waals surface area contributed by atoms with Crippen LogP contribution in [0.3, 0.4) is 0 Å². The van der Waals surface area contributed by atoms with Crippen molar-refractivity contribution in [2.45, 2.75) is 25.8 Å². The van der Waals surface area contributed by atoms with Gasteiger partial charge in [-0.2, -0.15) is 0 Å². The Balaban J connectivity index is 0.00000400. The van der Waals surface area contributed by atoms with Crippen LogP contribution in [0, 0.1) is 6.92 Å². The molecule has 1 aromatic carbocycles. The van der Waals surface area contributed by atoms with Gasteiger partial charge in [-0.25, -0.2) is 4.79 Å². The first kappa shape index (κ1) is 19.2. The summed E-state index contributed by atoms with van der Waals surface area (Å²) in [4.78, 5) is 22.9. The van der Waals surface area contributed by atoms with Crippen molar-refractivity contribution in [3.8, 4) is 0 Å². The lowest BCUT2D eigenvalue weighted by Gasteiger charge is -2.19. The molecule has 6 nitrogen and oxygen atoms in total. The van der Waals surface area contributed by atoms with Gasteiger partial charge in [0.05, 0.1) is 12.5 Å². The van der Waals surface area contributed by atoms with Crippen LogP contribution in [0.15, 0.2) is 24.3 Å². The first-order valence-electron chi connectivity index (χ1n) is 6.63. The maximum atomic E-state index is 11.9. The fourth-order valence-electron chi connectivity index (χ4n) is 1.98. The molecule has 0 aliphatic rings. The van der Waals surface area contributed by atoms with Gasteiger partial charge in [-0.3, -0.25) is 4.79 Å². The number of urea groups is 1. The van der Waals surface area contributed by atoms with Gasteiger partial charge in [-0.15, -0.1) is 12.4 Å². The fraction of sp³-hybridized carbons (Fsp3) is 0.429. The molecule has 0 fully saturated rings. The van der Waals surface area contributed by atoms with E-state index in [2.05, 4.69) is 10.6 Å². The average molecular weight is 315 g/mol. The number of benzene rings is 1. The van der Waals surface area contributed by atoms with Crippen molar-refractivity contribution in [1.82, 2.24) is 10.6 Å². The van der Waals surface area contributed by atoms with Gasteiger partial charge in [-0.1, -0.05) is 24.3 Å². The van der Waals surface area contributed by atoms with E-state index in [0.717, 1.165) is 17.5 Å². The zero-order chi connectivity index (χ0) is 15.0. The van der Waals surface area contributed by atoms with E-state index < -0.39 is 12.1 Å². The van der Waals surface area contributed by atoms with Crippen molar-refractivity contribution in [2.24, 2.45) is 11.5 Å². The summed E-state index contributed by atoms with van der Waals surface area (Å²) in [7, 11) is 0. The van der Waals surface area contributed by atoms with E-state index in [1.165, 1.54) is 0 Å². The van der Waals surface area contributed by atoms with E-state index in [4.69, 9.17) is 11.5 Å². The SMILES string of the molecule is Cc1ccccc1C(CC(=O)NCCCN)NC(N)=O.Cl. The van der Waals surface area contributed by atoms with Crippen LogP contribution in [0.4, 0.5) is 4.79 Å². The lowest BCUT2D eigenvalue weighted by atomic mass is 9.98. The van der Waals surface area contributed by atoms with Crippen LogP contribution in [-0.4, -0.2) is 25.0 Å². The second-order valence-electron chi connectivity index (χ2n) is 4.61. The van der Waals surface area contributed by atoms with Gasteiger partial charge >= 0.3 is 6.03 Å². The smallest absolute Gasteiger partial charge is 0.312 e. The van der Waals surface area contributed by atoms with Gasteiger partial charge in [-0.05, 0) is 31.0 Å². The van der Waals surface area contributed by atoms with Crippen LogP contribution in [0.5, 0.6) is 0 Å². The van der Waals surface area contributed by atoms with Gasteiger partial charge in [0.2, 0.25) is 5.91 Å². The molecule has 0 saturated carbocycles. The van der Waals surface area contributed by atoms with Gasteiger partial charge < -0.3 is 22.1 Å². The Morgan fingerprint density at radius 2 is 1.95 bits per heavy atom. The van der Waals surface area contributed by atoms with E-state index >= 15 is 0 Å².